The second kappa shape index (κ2) is 8.95. The van der Waals surface area contributed by atoms with Crippen molar-refractivity contribution in [1.82, 2.24) is 5.43 Å². The molecule has 1 amide bonds. The van der Waals surface area contributed by atoms with Crippen molar-refractivity contribution in [3.05, 3.63) is 62.1 Å². The summed E-state index contributed by atoms with van der Waals surface area (Å²) < 4.78 is 5.73. The maximum atomic E-state index is 11.9. The average Bonchev–Trinajstić information content (AvgIpc) is 2.59. The quantitative estimate of drug-likeness (QED) is 0.404. The average molecular weight is 422 g/mol. The Morgan fingerprint density at radius 1 is 1.42 bits per heavy atom. The van der Waals surface area contributed by atoms with Gasteiger partial charge in [-0.2, -0.15) is 5.10 Å². The van der Waals surface area contributed by atoms with Crippen molar-refractivity contribution in [2.24, 2.45) is 5.10 Å². The highest BCUT2D eigenvalue weighted by Gasteiger charge is 2.15. The molecule has 0 saturated carbocycles. The molecule has 0 fully saturated rings. The first-order chi connectivity index (χ1) is 12.4. The topological polar surface area (TPSA) is 114 Å². The molecular weight excluding hydrogens is 406 g/mol. The fourth-order valence-electron chi connectivity index (χ4n) is 2.16. The van der Waals surface area contributed by atoms with Crippen molar-refractivity contribution in [3.63, 3.8) is 0 Å². The molecule has 2 N–H and O–H groups in total. The van der Waals surface area contributed by atoms with Gasteiger partial charge in [-0.3, -0.25) is 14.9 Å². The maximum absolute atomic E-state index is 11.9. The standard InChI is InChI=1S/C17H16BrN3O5/c1-2-26-15-8-11(7-13(18)17(15)23)10-19-20-16(22)9-12-5-3-4-6-14(12)21(24)25/h3-8,10,23H,2,9H2,1H3,(H,20,22). The van der Waals surface area contributed by atoms with Gasteiger partial charge in [-0.15, -0.1) is 0 Å². The van der Waals surface area contributed by atoms with E-state index in [0.29, 0.717) is 22.2 Å². The number of carbonyl (C=O) groups is 1. The Morgan fingerprint density at radius 3 is 2.85 bits per heavy atom. The van der Waals surface area contributed by atoms with Crippen molar-refractivity contribution in [2.45, 2.75) is 13.3 Å². The summed E-state index contributed by atoms with van der Waals surface area (Å²) in [5.41, 5.74) is 3.09. The summed E-state index contributed by atoms with van der Waals surface area (Å²) in [6.07, 6.45) is 1.21. The van der Waals surface area contributed by atoms with Crippen molar-refractivity contribution in [3.8, 4) is 11.5 Å². The van der Waals surface area contributed by atoms with Gasteiger partial charge in [0.25, 0.3) is 5.69 Å². The number of phenolic OH excluding ortho intramolecular Hbond substituents is 1. The third kappa shape index (κ3) is 5.03. The van der Waals surface area contributed by atoms with Crippen LogP contribution in [0.15, 0.2) is 46.0 Å². The molecule has 0 aliphatic rings. The number of benzene rings is 2. The lowest BCUT2D eigenvalue weighted by Crippen LogP contribution is -2.20. The molecule has 26 heavy (non-hydrogen) atoms. The Balaban J connectivity index is 2.05. The SMILES string of the molecule is CCOc1cc(C=NNC(=O)Cc2ccccc2[N+](=O)[O-])cc(Br)c1O. The van der Waals surface area contributed by atoms with Crippen LogP contribution in [0.2, 0.25) is 0 Å². The highest BCUT2D eigenvalue weighted by atomic mass is 79.9. The molecule has 8 nitrogen and oxygen atoms in total. The molecule has 136 valence electrons. The van der Waals surface area contributed by atoms with Crippen LogP contribution in [0, 0.1) is 10.1 Å². The van der Waals surface area contributed by atoms with Gasteiger partial charge in [0, 0.05) is 11.6 Å². The molecule has 0 aliphatic heterocycles. The number of hydrazone groups is 1. The van der Waals surface area contributed by atoms with Crippen LogP contribution in [0.3, 0.4) is 0 Å². The Morgan fingerprint density at radius 2 is 2.15 bits per heavy atom. The number of nitro groups is 1. The molecule has 9 heteroatoms. The normalized spacial score (nSPS) is 10.7. The van der Waals surface area contributed by atoms with Crippen LogP contribution in [0.5, 0.6) is 11.5 Å². The van der Waals surface area contributed by atoms with Gasteiger partial charge in [0.1, 0.15) is 0 Å². The number of aromatic hydroxyl groups is 1. The Kier molecular flexibility index (Phi) is 6.67. The van der Waals surface area contributed by atoms with Gasteiger partial charge in [0.15, 0.2) is 11.5 Å². The van der Waals surface area contributed by atoms with E-state index in [1.54, 1.807) is 25.1 Å². The number of rotatable bonds is 7. The summed E-state index contributed by atoms with van der Waals surface area (Å²) in [4.78, 5) is 22.4. The van der Waals surface area contributed by atoms with Crippen molar-refractivity contribution in [1.29, 1.82) is 0 Å². The Labute approximate surface area is 157 Å². The zero-order valence-electron chi connectivity index (χ0n) is 13.8. The summed E-state index contributed by atoms with van der Waals surface area (Å²) in [7, 11) is 0. The van der Waals surface area contributed by atoms with Gasteiger partial charge in [-0.1, -0.05) is 18.2 Å². The van der Waals surface area contributed by atoms with Gasteiger partial charge in [0.05, 0.1) is 28.6 Å². The highest BCUT2D eigenvalue weighted by Crippen LogP contribution is 2.35. The predicted molar refractivity (Wildman–Crippen MR) is 99.5 cm³/mol. The van der Waals surface area contributed by atoms with E-state index in [0.717, 1.165) is 0 Å². The van der Waals surface area contributed by atoms with Crippen LogP contribution >= 0.6 is 15.9 Å². The van der Waals surface area contributed by atoms with E-state index in [1.165, 1.54) is 24.4 Å². The number of phenols is 1. The smallest absolute Gasteiger partial charge is 0.273 e. The van der Waals surface area contributed by atoms with Gasteiger partial charge in [-0.25, -0.2) is 5.43 Å². The summed E-state index contributed by atoms with van der Waals surface area (Å²) in [6.45, 7) is 2.17. The molecule has 0 heterocycles. The summed E-state index contributed by atoms with van der Waals surface area (Å²) in [5, 5.41) is 24.6. The van der Waals surface area contributed by atoms with Crippen LogP contribution in [-0.4, -0.2) is 28.8 Å². The molecule has 0 aliphatic carbocycles. The number of halogens is 1. The molecular formula is C17H16BrN3O5. The first-order valence-electron chi connectivity index (χ1n) is 7.62. The van der Waals surface area contributed by atoms with Gasteiger partial charge >= 0.3 is 0 Å². The Hall–Kier alpha value is -2.94. The predicted octanol–water partition coefficient (Wildman–Crippen LogP) is 3.15. The lowest BCUT2D eigenvalue weighted by Gasteiger charge is -2.08. The minimum absolute atomic E-state index is 0.0237. The molecule has 0 aromatic heterocycles. The minimum atomic E-state index is -0.533. The van der Waals surface area contributed by atoms with Crippen LogP contribution in [0.1, 0.15) is 18.1 Å². The summed E-state index contributed by atoms with van der Waals surface area (Å²) in [5.74, 6) is -0.225. The lowest BCUT2D eigenvalue weighted by molar-refractivity contribution is -0.385. The number of nitrogens with zero attached hydrogens (tertiary/aromatic N) is 2. The van der Waals surface area contributed by atoms with E-state index >= 15 is 0 Å². The zero-order valence-corrected chi connectivity index (χ0v) is 15.4. The van der Waals surface area contributed by atoms with Crippen molar-refractivity contribution < 1.29 is 19.6 Å². The van der Waals surface area contributed by atoms with Crippen LogP contribution in [-0.2, 0) is 11.2 Å². The van der Waals surface area contributed by atoms with E-state index in [-0.39, 0.29) is 23.6 Å². The zero-order chi connectivity index (χ0) is 19.1. The van der Waals surface area contributed by atoms with Gasteiger partial charge < -0.3 is 9.84 Å². The third-order valence-electron chi connectivity index (χ3n) is 3.29. The maximum Gasteiger partial charge on any atom is 0.273 e. The molecule has 2 aromatic carbocycles. The van der Waals surface area contributed by atoms with Crippen LogP contribution in [0.4, 0.5) is 5.69 Å². The van der Waals surface area contributed by atoms with E-state index in [4.69, 9.17) is 4.74 Å². The molecule has 0 bridgehead atoms. The lowest BCUT2D eigenvalue weighted by atomic mass is 10.1. The van der Waals surface area contributed by atoms with Gasteiger partial charge in [-0.05, 0) is 40.5 Å². The number of nitrogens with one attached hydrogen (secondary N) is 1. The second-order valence-electron chi connectivity index (χ2n) is 5.14. The summed E-state index contributed by atoms with van der Waals surface area (Å²) >= 11 is 3.21. The fraction of sp³-hybridized carbons (Fsp3) is 0.176. The molecule has 2 aromatic rings. The first kappa shape index (κ1) is 19.4. The molecule has 0 spiro atoms. The number of amides is 1. The molecule has 0 radical (unpaired) electrons. The van der Waals surface area contributed by atoms with Gasteiger partial charge in [0.2, 0.25) is 5.91 Å². The van der Waals surface area contributed by atoms with E-state index < -0.39 is 10.8 Å². The first-order valence-corrected chi connectivity index (χ1v) is 8.41. The number of hydrogen-bond donors (Lipinski definition) is 2. The second-order valence-corrected chi connectivity index (χ2v) is 5.99. The number of carbonyl (C=O) groups excluding carboxylic acids is 1. The molecule has 0 atom stereocenters. The third-order valence-corrected chi connectivity index (χ3v) is 3.90. The minimum Gasteiger partial charge on any atom is -0.503 e. The van der Waals surface area contributed by atoms with E-state index in [9.17, 15) is 20.0 Å². The molecule has 0 saturated heterocycles. The number of hydrogen-bond acceptors (Lipinski definition) is 6. The van der Waals surface area contributed by atoms with E-state index in [2.05, 4.69) is 26.5 Å². The van der Waals surface area contributed by atoms with Crippen LogP contribution in [0.25, 0.3) is 0 Å². The molecule has 0 unspecified atom stereocenters. The monoisotopic (exact) mass is 421 g/mol. The Bertz CT molecular complexity index is 854. The summed E-state index contributed by atoms with van der Waals surface area (Å²) in [6, 6.07) is 9.21. The van der Waals surface area contributed by atoms with Crippen molar-refractivity contribution >= 4 is 33.7 Å². The number of ether oxygens (including phenoxy) is 1. The molecule has 2 rings (SSSR count). The fourth-order valence-corrected chi connectivity index (χ4v) is 2.62. The largest absolute Gasteiger partial charge is 0.503 e. The van der Waals surface area contributed by atoms with Crippen molar-refractivity contribution in [2.75, 3.05) is 6.61 Å². The van der Waals surface area contributed by atoms with Crippen LogP contribution < -0.4 is 10.2 Å². The highest BCUT2D eigenvalue weighted by molar-refractivity contribution is 9.10. The number of nitro benzene ring substituents is 1. The number of para-hydroxylation sites is 1. The van der Waals surface area contributed by atoms with E-state index in [1.807, 2.05) is 0 Å².